The molecule has 0 unspecified atom stereocenters. The monoisotopic (exact) mass is 448 g/mol. The van der Waals surface area contributed by atoms with Crippen LogP contribution in [0.4, 0.5) is 0 Å². The summed E-state index contributed by atoms with van der Waals surface area (Å²) in [6.07, 6.45) is 2.17. The van der Waals surface area contributed by atoms with Crippen LogP contribution in [0, 0.1) is 11.8 Å². The maximum atomic E-state index is 13.1. The Hall–Kier alpha value is -1.89. The molecular weight excluding hydrogens is 420 g/mol. The van der Waals surface area contributed by atoms with Crippen molar-refractivity contribution in [3.8, 4) is 0 Å². The molecule has 0 radical (unpaired) electrons. The number of nitrogens with one attached hydrogen (secondary N) is 1. The van der Waals surface area contributed by atoms with Gasteiger partial charge < -0.3 is 5.32 Å². The smallest absolute Gasteiger partial charge is 0.243 e. The molecule has 0 aliphatic carbocycles. The number of sulfonamides is 1. The van der Waals surface area contributed by atoms with E-state index in [4.69, 9.17) is 11.6 Å². The van der Waals surface area contributed by atoms with Gasteiger partial charge in [-0.1, -0.05) is 55.8 Å². The number of nitrogens with zero attached hydrogens (tertiary/aromatic N) is 1. The minimum absolute atomic E-state index is 0.0815. The van der Waals surface area contributed by atoms with Gasteiger partial charge in [-0.25, -0.2) is 8.42 Å². The Balaban J connectivity index is 1.72. The lowest BCUT2D eigenvalue weighted by molar-refractivity contribution is -0.127. The van der Waals surface area contributed by atoms with Crippen molar-refractivity contribution in [1.82, 2.24) is 9.62 Å². The van der Waals surface area contributed by atoms with E-state index in [-0.39, 0.29) is 29.3 Å². The van der Waals surface area contributed by atoms with E-state index in [1.165, 1.54) is 16.4 Å². The number of halogens is 1. The van der Waals surface area contributed by atoms with Crippen molar-refractivity contribution in [1.29, 1.82) is 0 Å². The van der Waals surface area contributed by atoms with Crippen LogP contribution in [0.25, 0.3) is 0 Å². The van der Waals surface area contributed by atoms with Gasteiger partial charge in [-0.15, -0.1) is 0 Å². The van der Waals surface area contributed by atoms with E-state index in [9.17, 15) is 13.2 Å². The summed E-state index contributed by atoms with van der Waals surface area (Å²) in [6, 6.07) is 16.0. The average molecular weight is 449 g/mol. The molecule has 2 atom stereocenters. The van der Waals surface area contributed by atoms with Crippen molar-refractivity contribution in [2.75, 3.05) is 13.1 Å². The number of hydrogen-bond donors (Lipinski definition) is 1. The van der Waals surface area contributed by atoms with E-state index >= 15 is 0 Å². The molecule has 162 valence electrons. The Labute approximate surface area is 184 Å². The molecule has 1 amide bonds. The fraction of sp³-hybridized carbons (Fsp3) is 0.435. The second kappa shape index (κ2) is 9.94. The molecule has 1 aliphatic heterocycles. The van der Waals surface area contributed by atoms with Gasteiger partial charge in [-0.3, -0.25) is 4.79 Å². The Kier molecular flexibility index (Phi) is 7.55. The van der Waals surface area contributed by atoms with Crippen LogP contribution in [0.1, 0.15) is 44.7 Å². The predicted molar refractivity (Wildman–Crippen MR) is 120 cm³/mol. The first kappa shape index (κ1) is 22.8. The molecule has 1 heterocycles. The zero-order valence-electron chi connectivity index (χ0n) is 17.4. The van der Waals surface area contributed by atoms with Crippen molar-refractivity contribution >= 4 is 27.5 Å². The van der Waals surface area contributed by atoms with Crippen molar-refractivity contribution in [2.45, 2.75) is 44.0 Å². The Morgan fingerprint density at radius 2 is 1.80 bits per heavy atom. The summed E-state index contributed by atoms with van der Waals surface area (Å²) in [6.45, 7) is 4.87. The van der Waals surface area contributed by atoms with Crippen LogP contribution in [0.15, 0.2) is 59.5 Å². The zero-order chi connectivity index (χ0) is 21.7. The quantitative estimate of drug-likeness (QED) is 0.670. The number of rotatable bonds is 7. The maximum Gasteiger partial charge on any atom is 0.243 e. The summed E-state index contributed by atoms with van der Waals surface area (Å²) in [5.41, 5.74) is 1.07. The molecular formula is C23H29ClN2O3S. The van der Waals surface area contributed by atoms with Gasteiger partial charge in [0.15, 0.2) is 0 Å². The van der Waals surface area contributed by atoms with Gasteiger partial charge in [0, 0.05) is 18.1 Å². The highest BCUT2D eigenvalue weighted by atomic mass is 35.5. The average Bonchev–Trinajstić information content (AvgIpc) is 2.74. The summed E-state index contributed by atoms with van der Waals surface area (Å²) >= 11 is 5.89. The largest absolute Gasteiger partial charge is 0.349 e. The van der Waals surface area contributed by atoms with Crippen LogP contribution in [0.3, 0.4) is 0 Å². The fourth-order valence-electron chi connectivity index (χ4n) is 3.86. The highest BCUT2D eigenvalue weighted by molar-refractivity contribution is 7.89. The van der Waals surface area contributed by atoms with Gasteiger partial charge in [-0.05, 0) is 55.0 Å². The molecule has 0 bridgehead atoms. The first-order valence-electron chi connectivity index (χ1n) is 10.4. The van der Waals surface area contributed by atoms with Crippen molar-refractivity contribution in [3.63, 3.8) is 0 Å². The molecule has 5 nitrogen and oxygen atoms in total. The number of carbonyl (C=O) groups is 1. The maximum absolute atomic E-state index is 13.1. The third kappa shape index (κ3) is 5.62. The number of benzene rings is 2. The van der Waals surface area contributed by atoms with E-state index in [1.54, 1.807) is 12.1 Å². The number of hydrogen-bond acceptors (Lipinski definition) is 3. The lowest BCUT2D eigenvalue weighted by Gasteiger charge is -2.32. The van der Waals surface area contributed by atoms with E-state index in [0.29, 0.717) is 30.3 Å². The molecule has 1 fully saturated rings. The normalized spacial score (nSPS) is 18.9. The third-order valence-electron chi connectivity index (χ3n) is 5.43. The Bertz CT molecular complexity index is 946. The lowest BCUT2D eigenvalue weighted by Crippen LogP contribution is -2.46. The second-order valence-electron chi connectivity index (χ2n) is 8.26. The predicted octanol–water partition coefficient (Wildman–Crippen LogP) is 4.64. The van der Waals surface area contributed by atoms with Crippen molar-refractivity contribution < 1.29 is 13.2 Å². The van der Waals surface area contributed by atoms with Gasteiger partial charge in [-0.2, -0.15) is 4.31 Å². The molecule has 30 heavy (non-hydrogen) atoms. The molecule has 0 saturated carbocycles. The van der Waals surface area contributed by atoms with Gasteiger partial charge in [0.2, 0.25) is 15.9 Å². The molecule has 2 aromatic carbocycles. The fourth-order valence-corrected chi connectivity index (χ4v) is 5.50. The molecule has 1 N–H and O–H groups in total. The van der Waals surface area contributed by atoms with Crippen LogP contribution in [0.2, 0.25) is 5.02 Å². The van der Waals surface area contributed by atoms with Crippen molar-refractivity contribution in [2.24, 2.45) is 11.8 Å². The van der Waals surface area contributed by atoms with Gasteiger partial charge in [0.1, 0.15) is 0 Å². The molecule has 0 aromatic heterocycles. The Morgan fingerprint density at radius 1 is 1.13 bits per heavy atom. The first-order valence-corrected chi connectivity index (χ1v) is 12.2. The van der Waals surface area contributed by atoms with Crippen LogP contribution < -0.4 is 5.32 Å². The van der Waals surface area contributed by atoms with Crippen LogP contribution in [-0.2, 0) is 14.8 Å². The number of amides is 1. The van der Waals surface area contributed by atoms with Crippen molar-refractivity contribution in [3.05, 3.63) is 65.2 Å². The van der Waals surface area contributed by atoms with E-state index in [2.05, 4.69) is 19.2 Å². The van der Waals surface area contributed by atoms with Gasteiger partial charge in [0.25, 0.3) is 0 Å². The third-order valence-corrected chi connectivity index (χ3v) is 7.56. The van der Waals surface area contributed by atoms with Gasteiger partial charge >= 0.3 is 0 Å². The zero-order valence-corrected chi connectivity index (χ0v) is 19.0. The highest BCUT2D eigenvalue weighted by Crippen LogP contribution is 2.27. The van der Waals surface area contributed by atoms with Crippen LogP contribution in [0.5, 0.6) is 0 Å². The topological polar surface area (TPSA) is 66.5 Å². The molecule has 7 heteroatoms. The van der Waals surface area contributed by atoms with Crippen LogP contribution >= 0.6 is 11.6 Å². The van der Waals surface area contributed by atoms with E-state index < -0.39 is 10.0 Å². The van der Waals surface area contributed by atoms with Crippen LogP contribution in [-0.4, -0.2) is 31.7 Å². The van der Waals surface area contributed by atoms with E-state index in [1.807, 2.05) is 30.3 Å². The lowest BCUT2D eigenvalue weighted by atomic mass is 9.94. The minimum Gasteiger partial charge on any atom is -0.349 e. The summed E-state index contributed by atoms with van der Waals surface area (Å²) in [4.78, 5) is 13.3. The summed E-state index contributed by atoms with van der Waals surface area (Å²) in [5, 5.41) is 3.66. The number of carbonyl (C=O) groups excluding carboxylic acids is 1. The molecule has 1 saturated heterocycles. The molecule has 3 rings (SSSR count). The Morgan fingerprint density at radius 3 is 2.43 bits per heavy atom. The second-order valence-corrected chi connectivity index (χ2v) is 10.6. The van der Waals surface area contributed by atoms with E-state index in [0.717, 1.165) is 12.0 Å². The first-order chi connectivity index (χ1) is 14.3. The molecule has 2 aromatic rings. The molecule has 0 spiro atoms. The standard InChI is InChI=1S/C23H29ClN2O3S/c1-17(2)15-22(18-7-4-3-5-8-18)25-23(27)19-9-6-14-26(16-19)30(28,29)21-12-10-20(24)11-13-21/h3-5,7-8,10-13,17,19,22H,6,9,14-16H2,1-2H3,(H,25,27)/t19-,22+/m1/s1. The molecule has 1 aliphatic rings. The number of piperidine rings is 1. The minimum atomic E-state index is -3.65. The summed E-state index contributed by atoms with van der Waals surface area (Å²) in [7, 11) is -3.65. The highest BCUT2D eigenvalue weighted by Gasteiger charge is 2.34. The summed E-state index contributed by atoms with van der Waals surface area (Å²) in [5.74, 6) is -0.0247. The van der Waals surface area contributed by atoms with Gasteiger partial charge in [0.05, 0.1) is 16.9 Å². The SMILES string of the molecule is CC(C)C[C@H](NC(=O)[C@@H]1CCCN(S(=O)(=O)c2ccc(Cl)cc2)C1)c1ccccc1. The summed E-state index contributed by atoms with van der Waals surface area (Å²) < 4.78 is 27.4.